The summed E-state index contributed by atoms with van der Waals surface area (Å²) in [7, 11) is 1.36. The van der Waals surface area contributed by atoms with Gasteiger partial charge in [-0.1, -0.05) is 36.4 Å². The molecule has 4 aromatic rings. The van der Waals surface area contributed by atoms with Crippen molar-refractivity contribution in [1.82, 2.24) is 9.78 Å². The van der Waals surface area contributed by atoms with E-state index in [1.165, 1.54) is 55.8 Å². The number of halogens is 3. The standard InChI is InChI=1S/C22H17F3N2O2/c1-29-19-9-5-6-16(13-19)21(28,22(23,24)25)17-10-11-20-15(12-17)14-26-27(20)18-7-3-2-4-8-18/h2-14,28H,1H3. The van der Waals surface area contributed by atoms with E-state index in [4.69, 9.17) is 4.74 Å². The smallest absolute Gasteiger partial charge is 0.425 e. The molecule has 0 radical (unpaired) electrons. The van der Waals surface area contributed by atoms with Gasteiger partial charge in [-0.05, 0) is 42.0 Å². The van der Waals surface area contributed by atoms with Gasteiger partial charge in [0.2, 0.25) is 5.60 Å². The monoisotopic (exact) mass is 398 g/mol. The van der Waals surface area contributed by atoms with Crippen molar-refractivity contribution in [1.29, 1.82) is 0 Å². The average Bonchev–Trinajstić information content (AvgIpc) is 3.16. The molecule has 1 heterocycles. The number of para-hydroxylation sites is 1. The number of fused-ring (bicyclic) bond motifs is 1. The third-order valence-corrected chi connectivity index (χ3v) is 4.88. The number of aromatic nitrogens is 2. The SMILES string of the molecule is COc1cccc(C(O)(c2ccc3c(cnn3-c3ccccc3)c2)C(F)(F)F)c1. The Morgan fingerprint density at radius 3 is 2.31 bits per heavy atom. The number of hydrogen-bond acceptors (Lipinski definition) is 3. The molecular formula is C22H17F3N2O2. The maximum Gasteiger partial charge on any atom is 0.425 e. The van der Waals surface area contributed by atoms with Gasteiger partial charge in [-0.15, -0.1) is 0 Å². The number of ether oxygens (including phenoxy) is 1. The van der Waals surface area contributed by atoms with Crippen LogP contribution in [0.3, 0.4) is 0 Å². The summed E-state index contributed by atoms with van der Waals surface area (Å²) in [6, 6.07) is 18.7. The van der Waals surface area contributed by atoms with Gasteiger partial charge in [0.1, 0.15) is 5.75 Å². The van der Waals surface area contributed by atoms with Crippen molar-refractivity contribution in [2.45, 2.75) is 11.8 Å². The van der Waals surface area contributed by atoms with Crippen LogP contribution >= 0.6 is 0 Å². The van der Waals surface area contributed by atoms with E-state index < -0.39 is 11.8 Å². The topological polar surface area (TPSA) is 47.3 Å². The maximum atomic E-state index is 14.1. The summed E-state index contributed by atoms with van der Waals surface area (Å²) in [5.41, 5.74) is -2.38. The quantitative estimate of drug-likeness (QED) is 0.536. The maximum absolute atomic E-state index is 14.1. The minimum atomic E-state index is -4.94. The van der Waals surface area contributed by atoms with Crippen LogP contribution in [0.4, 0.5) is 13.2 Å². The zero-order chi connectivity index (χ0) is 20.6. The van der Waals surface area contributed by atoms with Crippen molar-refractivity contribution in [2.24, 2.45) is 0 Å². The predicted octanol–water partition coefficient (Wildman–Crippen LogP) is 4.83. The summed E-state index contributed by atoms with van der Waals surface area (Å²) >= 11 is 0. The highest BCUT2D eigenvalue weighted by atomic mass is 19.4. The number of benzene rings is 3. The molecule has 0 aliphatic carbocycles. The van der Waals surface area contributed by atoms with Gasteiger partial charge in [0.15, 0.2) is 0 Å². The zero-order valence-corrected chi connectivity index (χ0v) is 15.4. The molecule has 0 bridgehead atoms. The first-order valence-electron chi connectivity index (χ1n) is 8.82. The molecule has 148 valence electrons. The fourth-order valence-electron chi connectivity index (χ4n) is 3.38. The summed E-state index contributed by atoms with van der Waals surface area (Å²) in [5.74, 6) is 0.225. The number of alkyl halides is 3. The van der Waals surface area contributed by atoms with E-state index in [1.807, 2.05) is 30.3 Å². The minimum absolute atomic E-state index is 0.225. The normalized spacial score (nSPS) is 14.0. The Bertz CT molecular complexity index is 1160. The van der Waals surface area contributed by atoms with Gasteiger partial charge in [0.05, 0.1) is 24.5 Å². The van der Waals surface area contributed by atoms with Crippen molar-refractivity contribution in [2.75, 3.05) is 7.11 Å². The predicted molar refractivity (Wildman–Crippen MR) is 103 cm³/mol. The first kappa shape index (κ1) is 19.0. The van der Waals surface area contributed by atoms with E-state index in [9.17, 15) is 18.3 Å². The Kier molecular flexibility index (Phi) is 4.55. The highest BCUT2D eigenvalue weighted by Crippen LogP contribution is 2.45. The van der Waals surface area contributed by atoms with Gasteiger partial charge in [-0.2, -0.15) is 18.3 Å². The van der Waals surface area contributed by atoms with Crippen molar-refractivity contribution >= 4 is 10.9 Å². The lowest BCUT2D eigenvalue weighted by Crippen LogP contribution is -2.43. The van der Waals surface area contributed by atoms with Gasteiger partial charge < -0.3 is 9.84 Å². The first-order chi connectivity index (χ1) is 13.8. The molecule has 0 aliphatic heterocycles. The van der Waals surface area contributed by atoms with Crippen molar-refractivity contribution in [3.63, 3.8) is 0 Å². The van der Waals surface area contributed by atoms with Crippen LogP contribution < -0.4 is 4.74 Å². The van der Waals surface area contributed by atoms with Crippen LogP contribution in [0.5, 0.6) is 5.75 Å². The van der Waals surface area contributed by atoms with E-state index >= 15 is 0 Å². The lowest BCUT2D eigenvalue weighted by Gasteiger charge is -2.31. The fourth-order valence-corrected chi connectivity index (χ4v) is 3.38. The Balaban J connectivity index is 1.88. The Hall–Kier alpha value is -3.32. The van der Waals surface area contributed by atoms with Gasteiger partial charge in [-0.3, -0.25) is 0 Å². The van der Waals surface area contributed by atoms with Crippen LogP contribution in [0.25, 0.3) is 16.6 Å². The molecule has 0 aliphatic rings. The van der Waals surface area contributed by atoms with Crippen LogP contribution in [-0.4, -0.2) is 28.2 Å². The Morgan fingerprint density at radius 1 is 0.897 bits per heavy atom. The number of hydrogen-bond donors (Lipinski definition) is 1. The van der Waals surface area contributed by atoms with Crippen LogP contribution in [-0.2, 0) is 5.60 Å². The van der Waals surface area contributed by atoms with Gasteiger partial charge in [0, 0.05) is 10.9 Å². The third kappa shape index (κ3) is 3.13. The highest BCUT2D eigenvalue weighted by molar-refractivity contribution is 5.81. The number of methoxy groups -OCH3 is 1. The molecule has 0 amide bonds. The molecule has 1 aromatic heterocycles. The fraction of sp³-hybridized carbons (Fsp3) is 0.136. The molecule has 1 atom stereocenters. The van der Waals surface area contributed by atoms with Crippen molar-refractivity contribution in [3.8, 4) is 11.4 Å². The Morgan fingerprint density at radius 2 is 1.62 bits per heavy atom. The van der Waals surface area contributed by atoms with Crippen molar-refractivity contribution < 1.29 is 23.0 Å². The summed E-state index contributed by atoms with van der Waals surface area (Å²) < 4.78 is 48.9. The molecule has 7 heteroatoms. The van der Waals surface area contributed by atoms with Crippen LogP contribution in [0.2, 0.25) is 0 Å². The largest absolute Gasteiger partial charge is 0.497 e. The highest BCUT2D eigenvalue weighted by Gasteiger charge is 2.56. The number of rotatable bonds is 4. The third-order valence-electron chi connectivity index (χ3n) is 4.88. The molecule has 1 N–H and O–H groups in total. The van der Waals surface area contributed by atoms with E-state index in [1.54, 1.807) is 4.68 Å². The van der Waals surface area contributed by atoms with Crippen LogP contribution in [0, 0.1) is 0 Å². The molecule has 4 rings (SSSR count). The van der Waals surface area contributed by atoms with Crippen LogP contribution in [0.1, 0.15) is 11.1 Å². The molecule has 0 saturated carbocycles. The van der Waals surface area contributed by atoms with Gasteiger partial charge >= 0.3 is 6.18 Å². The molecule has 29 heavy (non-hydrogen) atoms. The number of aliphatic hydroxyl groups is 1. The first-order valence-corrected chi connectivity index (χ1v) is 8.82. The second kappa shape index (κ2) is 6.93. The molecule has 4 nitrogen and oxygen atoms in total. The molecule has 0 spiro atoms. The summed E-state index contributed by atoms with van der Waals surface area (Å²) in [5, 5.41) is 15.7. The lowest BCUT2D eigenvalue weighted by atomic mass is 9.85. The second-order valence-electron chi connectivity index (χ2n) is 6.61. The Labute approximate surface area is 164 Å². The number of nitrogens with zero attached hydrogens (tertiary/aromatic N) is 2. The second-order valence-corrected chi connectivity index (χ2v) is 6.61. The zero-order valence-electron chi connectivity index (χ0n) is 15.4. The summed E-state index contributed by atoms with van der Waals surface area (Å²) in [6.07, 6.45) is -3.46. The van der Waals surface area contributed by atoms with Crippen molar-refractivity contribution in [3.05, 3.63) is 90.1 Å². The molecular weight excluding hydrogens is 381 g/mol. The van der Waals surface area contributed by atoms with E-state index in [0.717, 1.165) is 5.69 Å². The van der Waals surface area contributed by atoms with E-state index in [2.05, 4.69) is 5.10 Å². The molecule has 1 unspecified atom stereocenters. The summed E-state index contributed by atoms with van der Waals surface area (Å²) in [4.78, 5) is 0. The lowest BCUT2D eigenvalue weighted by molar-refractivity contribution is -0.248. The molecule has 0 saturated heterocycles. The van der Waals surface area contributed by atoms with Gasteiger partial charge in [-0.25, -0.2) is 4.68 Å². The average molecular weight is 398 g/mol. The molecule has 0 fully saturated rings. The minimum Gasteiger partial charge on any atom is -0.497 e. The van der Waals surface area contributed by atoms with Crippen LogP contribution in [0.15, 0.2) is 79.0 Å². The van der Waals surface area contributed by atoms with Gasteiger partial charge in [0.25, 0.3) is 0 Å². The van der Waals surface area contributed by atoms with E-state index in [0.29, 0.717) is 10.9 Å². The van der Waals surface area contributed by atoms with E-state index in [-0.39, 0.29) is 16.9 Å². The summed E-state index contributed by atoms with van der Waals surface area (Å²) in [6.45, 7) is 0. The molecule has 3 aromatic carbocycles.